The molecular formula is C15H25N3O. The summed E-state index contributed by atoms with van der Waals surface area (Å²) >= 11 is 0. The number of carbonyl (C=O) groups excluding carboxylic acids is 1. The molecule has 0 atom stereocenters. The minimum absolute atomic E-state index is 0.170. The van der Waals surface area contributed by atoms with Gasteiger partial charge in [-0.1, -0.05) is 27.7 Å². The Morgan fingerprint density at radius 1 is 1.11 bits per heavy atom. The largest absolute Gasteiger partial charge is 0.399 e. The molecule has 0 heterocycles. The van der Waals surface area contributed by atoms with E-state index in [1.54, 1.807) is 24.3 Å². The van der Waals surface area contributed by atoms with E-state index < -0.39 is 0 Å². The maximum atomic E-state index is 11.8. The Morgan fingerprint density at radius 2 is 1.63 bits per heavy atom. The van der Waals surface area contributed by atoms with Gasteiger partial charge >= 0.3 is 6.03 Å². The first-order valence-electron chi connectivity index (χ1n) is 6.80. The van der Waals surface area contributed by atoms with E-state index >= 15 is 0 Å². The van der Waals surface area contributed by atoms with Crippen LogP contribution >= 0.6 is 0 Å². The first-order chi connectivity index (χ1) is 8.90. The van der Waals surface area contributed by atoms with E-state index in [1.807, 2.05) is 0 Å². The van der Waals surface area contributed by atoms with Crippen molar-refractivity contribution in [1.82, 2.24) is 5.32 Å². The molecule has 2 amide bonds. The van der Waals surface area contributed by atoms with Crippen LogP contribution in [-0.4, -0.2) is 12.6 Å². The molecule has 0 saturated heterocycles. The summed E-state index contributed by atoms with van der Waals surface area (Å²) in [4.78, 5) is 11.8. The zero-order valence-electron chi connectivity index (χ0n) is 12.2. The molecular weight excluding hydrogens is 238 g/mol. The Bertz CT molecular complexity index is 390. The van der Waals surface area contributed by atoms with E-state index in [-0.39, 0.29) is 6.03 Å². The molecule has 4 heteroatoms. The Kier molecular flexibility index (Phi) is 5.67. The fraction of sp³-hybridized carbons (Fsp3) is 0.533. The van der Waals surface area contributed by atoms with Gasteiger partial charge in [-0.25, -0.2) is 4.79 Å². The number of hydrogen-bond acceptors (Lipinski definition) is 2. The van der Waals surface area contributed by atoms with Gasteiger partial charge in [-0.05, 0) is 42.0 Å². The third-order valence-electron chi connectivity index (χ3n) is 3.38. The van der Waals surface area contributed by atoms with Gasteiger partial charge in [-0.2, -0.15) is 0 Å². The number of amides is 2. The number of nitrogen functional groups attached to an aromatic ring is 1. The van der Waals surface area contributed by atoms with Crippen LogP contribution in [0.1, 0.15) is 27.7 Å². The number of urea groups is 1. The van der Waals surface area contributed by atoms with Crippen LogP contribution in [0.15, 0.2) is 24.3 Å². The highest BCUT2D eigenvalue weighted by Crippen LogP contribution is 2.19. The maximum Gasteiger partial charge on any atom is 0.319 e. The molecule has 0 aromatic heterocycles. The van der Waals surface area contributed by atoms with E-state index in [0.717, 1.165) is 5.69 Å². The average Bonchev–Trinajstić information content (AvgIpc) is 2.31. The zero-order valence-corrected chi connectivity index (χ0v) is 12.2. The Labute approximate surface area is 115 Å². The van der Waals surface area contributed by atoms with Crippen LogP contribution < -0.4 is 16.4 Å². The summed E-state index contributed by atoms with van der Waals surface area (Å²) in [5.74, 6) is 1.59. The van der Waals surface area contributed by atoms with Crippen molar-refractivity contribution < 1.29 is 4.79 Å². The summed E-state index contributed by atoms with van der Waals surface area (Å²) < 4.78 is 0. The summed E-state index contributed by atoms with van der Waals surface area (Å²) in [5.41, 5.74) is 7.03. The summed E-state index contributed by atoms with van der Waals surface area (Å²) in [5, 5.41) is 5.72. The van der Waals surface area contributed by atoms with Crippen molar-refractivity contribution in [2.45, 2.75) is 27.7 Å². The monoisotopic (exact) mass is 263 g/mol. The van der Waals surface area contributed by atoms with E-state index in [1.165, 1.54) is 0 Å². The van der Waals surface area contributed by atoms with Crippen molar-refractivity contribution in [2.75, 3.05) is 17.6 Å². The van der Waals surface area contributed by atoms with Crippen LogP contribution in [0, 0.1) is 17.8 Å². The molecule has 1 rings (SSSR count). The standard InChI is InChI=1S/C15H25N3O/c1-10(2)14(11(3)4)9-17-15(19)18-13-7-5-12(16)6-8-13/h5-8,10-11,14H,9,16H2,1-4H3,(H2,17,18,19). The molecule has 1 aromatic rings. The predicted octanol–water partition coefficient (Wildman–Crippen LogP) is 3.32. The van der Waals surface area contributed by atoms with E-state index in [2.05, 4.69) is 38.3 Å². The van der Waals surface area contributed by atoms with Gasteiger partial charge in [0.2, 0.25) is 0 Å². The second-order valence-corrected chi connectivity index (χ2v) is 5.61. The summed E-state index contributed by atoms with van der Waals surface area (Å²) in [7, 11) is 0. The van der Waals surface area contributed by atoms with Crippen LogP contribution in [-0.2, 0) is 0 Å². The lowest BCUT2D eigenvalue weighted by molar-refractivity contribution is 0.239. The minimum atomic E-state index is -0.170. The van der Waals surface area contributed by atoms with Crippen molar-refractivity contribution in [1.29, 1.82) is 0 Å². The van der Waals surface area contributed by atoms with Gasteiger partial charge in [0.05, 0.1) is 0 Å². The molecule has 0 fully saturated rings. The normalized spacial score (nSPS) is 11.1. The molecule has 0 aliphatic rings. The quantitative estimate of drug-likeness (QED) is 0.713. The fourth-order valence-corrected chi connectivity index (χ4v) is 2.19. The number of nitrogens with two attached hydrogens (primary N) is 1. The second-order valence-electron chi connectivity index (χ2n) is 5.61. The lowest BCUT2D eigenvalue weighted by atomic mass is 9.85. The third-order valence-corrected chi connectivity index (χ3v) is 3.38. The van der Waals surface area contributed by atoms with Gasteiger partial charge in [0.15, 0.2) is 0 Å². The van der Waals surface area contributed by atoms with Crippen molar-refractivity contribution >= 4 is 17.4 Å². The molecule has 19 heavy (non-hydrogen) atoms. The van der Waals surface area contributed by atoms with E-state index in [9.17, 15) is 4.79 Å². The molecule has 1 aromatic carbocycles. The number of nitrogens with one attached hydrogen (secondary N) is 2. The second kappa shape index (κ2) is 7.02. The number of hydrogen-bond donors (Lipinski definition) is 3. The van der Waals surface area contributed by atoms with Crippen molar-refractivity contribution in [3.8, 4) is 0 Å². The van der Waals surface area contributed by atoms with Crippen LogP contribution in [0.5, 0.6) is 0 Å². The zero-order chi connectivity index (χ0) is 14.4. The number of carbonyl (C=O) groups is 1. The number of benzene rings is 1. The van der Waals surface area contributed by atoms with Crippen LogP contribution in [0.4, 0.5) is 16.2 Å². The van der Waals surface area contributed by atoms with Gasteiger partial charge in [-0.15, -0.1) is 0 Å². The maximum absolute atomic E-state index is 11.8. The summed E-state index contributed by atoms with van der Waals surface area (Å²) in [6.45, 7) is 9.43. The first-order valence-corrected chi connectivity index (χ1v) is 6.80. The Hall–Kier alpha value is -1.71. The summed E-state index contributed by atoms with van der Waals surface area (Å²) in [6.07, 6.45) is 0. The molecule has 106 valence electrons. The SMILES string of the molecule is CC(C)C(CNC(=O)Nc1ccc(N)cc1)C(C)C. The van der Waals surface area contributed by atoms with Gasteiger partial charge in [-0.3, -0.25) is 0 Å². The van der Waals surface area contributed by atoms with Gasteiger partial charge in [0, 0.05) is 17.9 Å². The molecule has 4 N–H and O–H groups in total. The van der Waals surface area contributed by atoms with Gasteiger partial charge < -0.3 is 16.4 Å². The third kappa shape index (κ3) is 5.20. The topological polar surface area (TPSA) is 67.2 Å². The smallest absolute Gasteiger partial charge is 0.319 e. The average molecular weight is 263 g/mol. The number of anilines is 2. The van der Waals surface area contributed by atoms with E-state index in [4.69, 9.17) is 5.73 Å². The first kappa shape index (κ1) is 15.3. The Morgan fingerprint density at radius 3 is 2.11 bits per heavy atom. The van der Waals surface area contributed by atoms with E-state index in [0.29, 0.717) is 30.0 Å². The predicted molar refractivity (Wildman–Crippen MR) is 81.0 cm³/mol. The molecule has 0 saturated carbocycles. The molecule has 0 radical (unpaired) electrons. The minimum Gasteiger partial charge on any atom is -0.399 e. The highest BCUT2D eigenvalue weighted by molar-refractivity contribution is 5.89. The lowest BCUT2D eigenvalue weighted by Gasteiger charge is -2.25. The molecule has 0 aliphatic carbocycles. The molecule has 0 spiro atoms. The van der Waals surface area contributed by atoms with Crippen molar-refractivity contribution in [2.24, 2.45) is 17.8 Å². The summed E-state index contributed by atoms with van der Waals surface area (Å²) in [6, 6.07) is 6.94. The molecule has 0 unspecified atom stereocenters. The van der Waals surface area contributed by atoms with Crippen LogP contribution in [0.3, 0.4) is 0 Å². The molecule has 0 aliphatic heterocycles. The van der Waals surface area contributed by atoms with Gasteiger partial charge in [0.1, 0.15) is 0 Å². The molecule has 0 bridgehead atoms. The molecule has 4 nitrogen and oxygen atoms in total. The van der Waals surface area contributed by atoms with Crippen LogP contribution in [0.25, 0.3) is 0 Å². The van der Waals surface area contributed by atoms with Crippen molar-refractivity contribution in [3.63, 3.8) is 0 Å². The van der Waals surface area contributed by atoms with Crippen molar-refractivity contribution in [3.05, 3.63) is 24.3 Å². The number of rotatable bonds is 5. The van der Waals surface area contributed by atoms with Gasteiger partial charge in [0.25, 0.3) is 0 Å². The van der Waals surface area contributed by atoms with Crippen LogP contribution in [0.2, 0.25) is 0 Å². The Balaban J connectivity index is 2.45. The highest BCUT2D eigenvalue weighted by Gasteiger charge is 2.18. The lowest BCUT2D eigenvalue weighted by Crippen LogP contribution is -2.36. The fourth-order valence-electron chi connectivity index (χ4n) is 2.19. The highest BCUT2D eigenvalue weighted by atomic mass is 16.2.